The van der Waals surface area contributed by atoms with E-state index in [4.69, 9.17) is 9.47 Å². The molecular weight excluding hydrogens is 276 g/mol. The SMILES string of the molecule is COc1ccccc1OCCNCc1ccc(F)cc1F. The van der Waals surface area contributed by atoms with Crippen molar-refractivity contribution in [3.8, 4) is 11.5 Å². The fraction of sp³-hybridized carbons (Fsp3) is 0.250. The molecule has 112 valence electrons. The van der Waals surface area contributed by atoms with E-state index in [0.717, 1.165) is 6.07 Å². The molecule has 0 bridgehead atoms. The van der Waals surface area contributed by atoms with Gasteiger partial charge in [0.1, 0.15) is 18.2 Å². The molecule has 0 spiro atoms. The van der Waals surface area contributed by atoms with Gasteiger partial charge in [0.2, 0.25) is 0 Å². The number of methoxy groups -OCH3 is 1. The lowest BCUT2D eigenvalue weighted by atomic mass is 10.2. The summed E-state index contributed by atoms with van der Waals surface area (Å²) in [7, 11) is 1.58. The van der Waals surface area contributed by atoms with Gasteiger partial charge < -0.3 is 14.8 Å². The monoisotopic (exact) mass is 293 g/mol. The quantitative estimate of drug-likeness (QED) is 0.796. The van der Waals surface area contributed by atoms with Gasteiger partial charge in [0, 0.05) is 24.7 Å². The van der Waals surface area contributed by atoms with Crippen LogP contribution in [-0.4, -0.2) is 20.3 Å². The van der Waals surface area contributed by atoms with Gasteiger partial charge in [-0.2, -0.15) is 0 Å². The van der Waals surface area contributed by atoms with E-state index in [9.17, 15) is 8.78 Å². The number of benzene rings is 2. The summed E-state index contributed by atoms with van der Waals surface area (Å²) in [4.78, 5) is 0. The van der Waals surface area contributed by atoms with Crippen molar-refractivity contribution in [2.24, 2.45) is 0 Å². The zero-order valence-electron chi connectivity index (χ0n) is 11.7. The summed E-state index contributed by atoms with van der Waals surface area (Å²) in [5, 5.41) is 3.04. The Hall–Kier alpha value is -2.14. The molecule has 21 heavy (non-hydrogen) atoms. The number of para-hydroxylation sites is 2. The predicted octanol–water partition coefficient (Wildman–Crippen LogP) is 3.14. The second kappa shape index (κ2) is 7.59. The van der Waals surface area contributed by atoms with E-state index in [1.165, 1.54) is 12.1 Å². The number of ether oxygens (including phenoxy) is 2. The standard InChI is InChI=1S/C16H17F2NO2/c1-20-15-4-2-3-5-16(15)21-9-8-19-11-12-6-7-13(17)10-14(12)18/h2-7,10,19H,8-9,11H2,1H3. The lowest BCUT2D eigenvalue weighted by Crippen LogP contribution is -2.21. The highest BCUT2D eigenvalue weighted by Crippen LogP contribution is 2.25. The van der Waals surface area contributed by atoms with E-state index in [1.807, 2.05) is 24.3 Å². The average Bonchev–Trinajstić information content (AvgIpc) is 2.49. The maximum atomic E-state index is 13.4. The van der Waals surface area contributed by atoms with Gasteiger partial charge in [-0.15, -0.1) is 0 Å². The van der Waals surface area contributed by atoms with Crippen molar-refractivity contribution in [2.75, 3.05) is 20.3 Å². The molecule has 0 unspecified atom stereocenters. The largest absolute Gasteiger partial charge is 0.493 e. The molecule has 0 saturated heterocycles. The van der Waals surface area contributed by atoms with Crippen LogP contribution in [0, 0.1) is 11.6 Å². The average molecular weight is 293 g/mol. The Balaban J connectivity index is 1.75. The maximum Gasteiger partial charge on any atom is 0.161 e. The molecule has 1 N–H and O–H groups in total. The van der Waals surface area contributed by atoms with Gasteiger partial charge in [0.05, 0.1) is 7.11 Å². The van der Waals surface area contributed by atoms with Crippen LogP contribution in [0.15, 0.2) is 42.5 Å². The van der Waals surface area contributed by atoms with Gasteiger partial charge in [0.25, 0.3) is 0 Å². The zero-order valence-corrected chi connectivity index (χ0v) is 11.7. The zero-order chi connectivity index (χ0) is 15.1. The van der Waals surface area contributed by atoms with Gasteiger partial charge in [-0.1, -0.05) is 18.2 Å². The molecule has 5 heteroatoms. The highest BCUT2D eigenvalue weighted by atomic mass is 19.1. The summed E-state index contributed by atoms with van der Waals surface area (Å²) in [6.45, 7) is 1.28. The Morgan fingerprint density at radius 3 is 2.52 bits per heavy atom. The minimum Gasteiger partial charge on any atom is -0.493 e. The molecule has 0 aliphatic carbocycles. The lowest BCUT2D eigenvalue weighted by Gasteiger charge is -2.11. The van der Waals surface area contributed by atoms with Crippen LogP contribution in [0.1, 0.15) is 5.56 Å². The van der Waals surface area contributed by atoms with Crippen molar-refractivity contribution in [3.63, 3.8) is 0 Å². The Morgan fingerprint density at radius 1 is 1.05 bits per heavy atom. The molecule has 0 heterocycles. The highest BCUT2D eigenvalue weighted by molar-refractivity contribution is 5.39. The number of hydrogen-bond acceptors (Lipinski definition) is 3. The molecule has 0 radical (unpaired) electrons. The molecule has 0 amide bonds. The topological polar surface area (TPSA) is 30.5 Å². The van der Waals surface area contributed by atoms with E-state index < -0.39 is 11.6 Å². The predicted molar refractivity (Wildman–Crippen MR) is 76.6 cm³/mol. The van der Waals surface area contributed by atoms with Crippen LogP contribution in [0.2, 0.25) is 0 Å². The van der Waals surface area contributed by atoms with Gasteiger partial charge in [-0.25, -0.2) is 8.78 Å². The third-order valence-corrected chi connectivity index (χ3v) is 2.94. The van der Waals surface area contributed by atoms with Crippen molar-refractivity contribution in [1.82, 2.24) is 5.32 Å². The fourth-order valence-corrected chi connectivity index (χ4v) is 1.86. The van der Waals surface area contributed by atoms with Crippen molar-refractivity contribution in [3.05, 3.63) is 59.7 Å². The molecule has 0 aliphatic heterocycles. The van der Waals surface area contributed by atoms with Crippen LogP contribution >= 0.6 is 0 Å². The van der Waals surface area contributed by atoms with Crippen LogP contribution < -0.4 is 14.8 Å². The van der Waals surface area contributed by atoms with Crippen molar-refractivity contribution < 1.29 is 18.3 Å². The molecule has 0 fully saturated rings. The summed E-state index contributed by atoms with van der Waals surface area (Å²) >= 11 is 0. The van der Waals surface area contributed by atoms with Gasteiger partial charge in [-0.3, -0.25) is 0 Å². The van der Waals surface area contributed by atoms with Gasteiger partial charge in [0.15, 0.2) is 11.5 Å². The summed E-state index contributed by atoms with van der Waals surface area (Å²) in [5.74, 6) is 0.209. The van der Waals surface area contributed by atoms with Crippen LogP contribution in [0.25, 0.3) is 0 Å². The lowest BCUT2D eigenvalue weighted by molar-refractivity contribution is 0.292. The second-order valence-corrected chi connectivity index (χ2v) is 4.41. The molecule has 0 aliphatic rings. The smallest absolute Gasteiger partial charge is 0.161 e. The normalized spacial score (nSPS) is 10.4. The molecule has 0 aromatic heterocycles. The van der Waals surface area contributed by atoms with E-state index in [2.05, 4.69) is 5.32 Å². The van der Waals surface area contributed by atoms with Crippen LogP contribution in [0.3, 0.4) is 0 Å². The first kappa shape index (κ1) is 15.3. The first-order valence-electron chi connectivity index (χ1n) is 6.61. The Morgan fingerprint density at radius 2 is 1.81 bits per heavy atom. The summed E-state index contributed by atoms with van der Waals surface area (Å²) in [5.41, 5.74) is 0.425. The van der Waals surface area contributed by atoms with E-state index in [0.29, 0.717) is 36.8 Å². The molecule has 3 nitrogen and oxygen atoms in total. The van der Waals surface area contributed by atoms with Gasteiger partial charge >= 0.3 is 0 Å². The highest BCUT2D eigenvalue weighted by Gasteiger charge is 2.04. The number of halogens is 2. The molecule has 2 aromatic rings. The first-order chi connectivity index (χ1) is 10.2. The minimum atomic E-state index is -0.573. The van der Waals surface area contributed by atoms with Crippen LogP contribution in [0.4, 0.5) is 8.78 Å². The molecule has 0 atom stereocenters. The Labute approximate surface area is 122 Å². The van der Waals surface area contributed by atoms with E-state index >= 15 is 0 Å². The minimum absolute atomic E-state index is 0.321. The van der Waals surface area contributed by atoms with Crippen LogP contribution in [-0.2, 0) is 6.54 Å². The molecule has 0 saturated carbocycles. The van der Waals surface area contributed by atoms with E-state index in [1.54, 1.807) is 7.11 Å². The second-order valence-electron chi connectivity index (χ2n) is 4.41. The fourth-order valence-electron chi connectivity index (χ4n) is 1.86. The first-order valence-corrected chi connectivity index (χ1v) is 6.61. The molecule has 2 rings (SSSR count). The van der Waals surface area contributed by atoms with Crippen molar-refractivity contribution in [1.29, 1.82) is 0 Å². The van der Waals surface area contributed by atoms with Crippen molar-refractivity contribution >= 4 is 0 Å². The van der Waals surface area contributed by atoms with E-state index in [-0.39, 0.29) is 0 Å². The Kier molecular flexibility index (Phi) is 5.51. The number of rotatable bonds is 7. The van der Waals surface area contributed by atoms with Gasteiger partial charge in [-0.05, 0) is 18.2 Å². The summed E-state index contributed by atoms with van der Waals surface area (Å²) in [6.07, 6.45) is 0. The number of hydrogen-bond donors (Lipinski definition) is 1. The molecular formula is C16H17F2NO2. The molecule has 2 aromatic carbocycles. The summed E-state index contributed by atoms with van der Waals surface area (Å²) < 4.78 is 36.9. The third-order valence-electron chi connectivity index (χ3n) is 2.94. The maximum absolute atomic E-state index is 13.4. The Bertz CT molecular complexity index is 590. The summed E-state index contributed by atoms with van der Waals surface area (Å²) in [6, 6.07) is 10.9. The van der Waals surface area contributed by atoms with Crippen molar-refractivity contribution in [2.45, 2.75) is 6.54 Å². The third kappa shape index (κ3) is 4.43. The number of nitrogens with one attached hydrogen (secondary N) is 1. The van der Waals surface area contributed by atoms with Crippen LogP contribution in [0.5, 0.6) is 11.5 Å².